The lowest BCUT2D eigenvalue weighted by atomic mass is 10.2. The zero-order valence-electron chi connectivity index (χ0n) is 10.4. The Kier molecular flexibility index (Phi) is 6.21. The lowest BCUT2D eigenvalue weighted by molar-refractivity contribution is 0.0694. The van der Waals surface area contributed by atoms with Crippen molar-refractivity contribution in [2.24, 2.45) is 0 Å². The Morgan fingerprint density at radius 2 is 2.22 bits per heavy atom. The molecule has 0 bridgehead atoms. The predicted molar refractivity (Wildman–Crippen MR) is 77.2 cm³/mol. The van der Waals surface area contributed by atoms with Gasteiger partial charge in [-0.15, -0.1) is 11.8 Å². The molecule has 0 aliphatic rings. The number of hydrogen-bond donors (Lipinski definition) is 2. The van der Waals surface area contributed by atoms with Crippen LogP contribution in [0.5, 0.6) is 0 Å². The minimum absolute atomic E-state index is 0.285. The quantitative estimate of drug-likeness (QED) is 0.753. The van der Waals surface area contributed by atoms with Gasteiger partial charge in [0.15, 0.2) is 0 Å². The fourth-order valence-electron chi connectivity index (χ4n) is 1.51. The monoisotopic (exact) mass is 287 g/mol. The van der Waals surface area contributed by atoms with Crippen LogP contribution in [0.15, 0.2) is 23.1 Å². The summed E-state index contributed by atoms with van der Waals surface area (Å²) < 4.78 is 11.3. The van der Waals surface area contributed by atoms with Gasteiger partial charge < -0.3 is 10.4 Å². The highest BCUT2D eigenvalue weighted by Crippen LogP contribution is 2.26. The van der Waals surface area contributed by atoms with Crippen LogP contribution in [0.25, 0.3) is 0 Å². The van der Waals surface area contributed by atoms with E-state index in [1.54, 1.807) is 12.1 Å². The van der Waals surface area contributed by atoms with Gasteiger partial charge >= 0.3 is 5.97 Å². The first-order valence-electron chi connectivity index (χ1n) is 5.59. The third-order valence-electron chi connectivity index (χ3n) is 2.43. The molecule has 1 unspecified atom stereocenters. The highest BCUT2D eigenvalue weighted by atomic mass is 32.2. The second-order valence-corrected chi connectivity index (χ2v) is 6.26. The van der Waals surface area contributed by atoms with E-state index in [0.29, 0.717) is 23.7 Å². The summed E-state index contributed by atoms with van der Waals surface area (Å²) in [5, 5.41) is 12.3. The number of aromatic carboxylic acids is 1. The number of hydrogen-bond acceptors (Lipinski definition) is 4. The zero-order chi connectivity index (χ0) is 13.5. The summed E-state index contributed by atoms with van der Waals surface area (Å²) in [6.07, 6.45) is 1.84. The standard InChI is InChI=1S/C12H17NO3S2/c1-3-18(16)8-7-13-9-5-4-6-10(17-2)11(9)12(14)15/h4-6,13H,3,7-8H2,1-2H3,(H,14,15). The Bertz CT molecular complexity index is 449. The van der Waals surface area contributed by atoms with E-state index in [4.69, 9.17) is 0 Å². The second kappa shape index (κ2) is 7.43. The van der Waals surface area contributed by atoms with Crippen LogP contribution in [0.3, 0.4) is 0 Å². The van der Waals surface area contributed by atoms with Gasteiger partial charge in [0.2, 0.25) is 0 Å². The van der Waals surface area contributed by atoms with Crippen molar-refractivity contribution >= 4 is 34.2 Å². The zero-order valence-corrected chi connectivity index (χ0v) is 12.1. The van der Waals surface area contributed by atoms with Gasteiger partial charge in [0.25, 0.3) is 0 Å². The first-order valence-corrected chi connectivity index (χ1v) is 8.30. The van der Waals surface area contributed by atoms with Crippen molar-refractivity contribution in [3.8, 4) is 0 Å². The molecule has 2 N–H and O–H groups in total. The largest absolute Gasteiger partial charge is 0.478 e. The third kappa shape index (κ3) is 4.03. The van der Waals surface area contributed by atoms with E-state index in [0.717, 1.165) is 4.90 Å². The molecule has 0 aliphatic heterocycles. The summed E-state index contributed by atoms with van der Waals surface area (Å²) in [6.45, 7) is 2.38. The summed E-state index contributed by atoms with van der Waals surface area (Å²) in [5.74, 6) is 0.205. The Labute approximate surface area is 114 Å². The molecule has 1 aromatic carbocycles. The smallest absolute Gasteiger partial charge is 0.338 e. The van der Waals surface area contributed by atoms with E-state index < -0.39 is 16.8 Å². The van der Waals surface area contributed by atoms with Gasteiger partial charge in [-0.3, -0.25) is 4.21 Å². The normalized spacial score (nSPS) is 12.1. The van der Waals surface area contributed by atoms with Crippen molar-refractivity contribution in [2.75, 3.05) is 29.6 Å². The maximum atomic E-state index is 11.3. The summed E-state index contributed by atoms with van der Waals surface area (Å²) >= 11 is 1.40. The van der Waals surface area contributed by atoms with Crippen molar-refractivity contribution in [1.29, 1.82) is 0 Å². The van der Waals surface area contributed by atoms with Crippen molar-refractivity contribution in [2.45, 2.75) is 11.8 Å². The van der Waals surface area contributed by atoms with Crippen LogP contribution < -0.4 is 5.32 Å². The topological polar surface area (TPSA) is 66.4 Å². The molecule has 100 valence electrons. The molecule has 0 saturated carbocycles. The maximum Gasteiger partial charge on any atom is 0.338 e. The minimum atomic E-state index is -0.945. The van der Waals surface area contributed by atoms with Gasteiger partial charge in [-0.2, -0.15) is 0 Å². The summed E-state index contributed by atoms with van der Waals surface area (Å²) in [6, 6.07) is 5.33. The van der Waals surface area contributed by atoms with Crippen molar-refractivity contribution < 1.29 is 14.1 Å². The third-order valence-corrected chi connectivity index (χ3v) is 4.51. The number of carboxylic acids is 1. The van der Waals surface area contributed by atoms with Crippen LogP contribution in [-0.4, -0.2) is 39.6 Å². The van der Waals surface area contributed by atoms with E-state index in [9.17, 15) is 14.1 Å². The summed E-state index contributed by atoms with van der Waals surface area (Å²) in [5.41, 5.74) is 0.870. The maximum absolute atomic E-state index is 11.3. The van der Waals surface area contributed by atoms with Gasteiger partial charge in [-0.1, -0.05) is 13.0 Å². The molecule has 0 aliphatic carbocycles. The lowest BCUT2D eigenvalue weighted by Crippen LogP contribution is -2.14. The van der Waals surface area contributed by atoms with Crippen LogP contribution >= 0.6 is 11.8 Å². The minimum Gasteiger partial charge on any atom is -0.478 e. The van der Waals surface area contributed by atoms with Crippen LogP contribution in [0.2, 0.25) is 0 Å². The molecule has 18 heavy (non-hydrogen) atoms. The van der Waals surface area contributed by atoms with Gasteiger partial charge in [-0.25, -0.2) is 4.79 Å². The van der Waals surface area contributed by atoms with Crippen molar-refractivity contribution in [3.05, 3.63) is 23.8 Å². The molecule has 1 aromatic rings. The average molecular weight is 287 g/mol. The Balaban J connectivity index is 2.82. The molecular weight excluding hydrogens is 270 g/mol. The Morgan fingerprint density at radius 1 is 1.50 bits per heavy atom. The molecule has 6 heteroatoms. The summed E-state index contributed by atoms with van der Waals surface area (Å²) in [7, 11) is -0.840. The second-order valence-electron chi connectivity index (χ2n) is 3.55. The predicted octanol–water partition coefficient (Wildman–Crippen LogP) is 2.29. The van der Waals surface area contributed by atoms with Crippen molar-refractivity contribution in [3.63, 3.8) is 0 Å². The Hall–Kier alpha value is -1.01. The molecule has 0 radical (unpaired) electrons. The number of thioether (sulfide) groups is 1. The number of anilines is 1. The molecule has 0 heterocycles. The number of carbonyl (C=O) groups is 1. The fourth-order valence-corrected chi connectivity index (χ4v) is 2.75. The first-order chi connectivity index (χ1) is 8.60. The Morgan fingerprint density at radius 3 is 2.78 bits per heavy atom. The van der Waals surface area contributed by atoms with Crippen LogP contribution in [-0.2, 0) is 10.8 Å². The first kappa shape index (κ1) is 15.0. The molecule has 0 aromatic heterocycles. The number of carboxylic acid groups (broad SMARTS) is 1. The van der Waals surface area contributed by atoms with E-state index in [2.05, 4.69) is 5.32 Å². The van der Waals surface area contributed by atoms with E-state index in [1.807, 2.05) is 19.2 Å². The average Bonchev–Trinajstić information content (AvgIpc) is 2.37. The fraction of sp³-hybridized carbons (Fsp3) is 0.417. The molecular formula is C12H17NO3S2. The molecule has 1 rings (SSSR count). The lowest BCUT2D eigenvalue weighted by Gasteiger charge is -2.11. The van der Waals surface area contributed by atoms with E-state index in [-0.39, 0.29) is 5.56 Å². The van der Waals surface area contributed by atoms with Crippen LogP contribution in [0, 0.1) is 0 Å². The molecule has 4 nitrogen and oxygen atoms in total. The van der Waals surface area contributed by atoms with Gasteiger partial charge in [-0.05, 0) is 18.4 Å². The molecule has 0 spiro atoms. The number of nitrogens with one attached hydrogen (secondary N) is 1. The van der Waals surface area contributed by atoms with Gasteiger partial charge in [0, 0.05) is 39.4 Å². The van der Waals surface area contributed by atoms with E-state index in [1.165, 1.54) is 11.8 Å². The molecule has 1 atom stereocenters. The SMILES string of the molecule is CCS(=O)CCNc1cccc(SC)c1C(=O)O. The van der Waals surface area contributed by atoms with Gasteiger partial charge in [0.1, 0.15) is 0 Å². The summed E-state index contributed by atoms with van der Waals surface area (Å²) in [4.78, 5) is 12.0. The molecule has 0 fully saturated rings. The van der Waals surface area contributed by atoms with Crippen LogP contribution in [0.1, 0.15) is 17.3 Å². The number of rotatable bonds is 7. The highest BCUT2D eigenvalue weighted by Gasteiger charge is 2.14. The van der Waals surface area contributed by atoms with Crippen molar-refractivity contribution in [1.82, 2.24) is 0 Å². The number of benzene rings is 1. The van der Waals surface area contributed by atoms with Gasteiger partial charge in [0.05, 0.1) is 5.56 Å². The van der Waals surface area contributed by atoms with Crippen LogP contribution in [0.4, 0.5) is 5.69 Å². The molecule has 0 saturated heterocycles. The van der Waals surface area contributed by atoms with E-state index >= 15 is 0 Å². The highest BCUT2D eigenvalue weighted by molar-refractivity contribution is 7.98. The molecule has 0 amide bonds.